The highest BCUT2D eigenvalue weighted by Gasteiger charge is 2.21. The highest BCUT2D eigenvalue weighted by molar-refractivity contribution is 6.33. The van der Waals surface area contributed by atoms with Gasteiger partial charge in [-0.2, -0.15) is 0 Å². The number of carbonyl (C=O) groups excluding carboxylic acids is 1. The van der Waals surface area contributed by atoms with Crippen LogP contribution < -0.4 is 15.8 Å². The second-order valence-electron chi connectivity index (χ2n) is 7.13. The van der Waals surface area contributed by atoms with E-state index in [2.05, 4.69) is 10.2 Å². The third kappa shape index (κ3) is 5.14. The second kappa shape index (κ2) is 9.26. The van der Waals surface area contributed by atoms with Crippen LogP contribution in [0.4, 0.5) is 10.1 Å². The summed E-state index contributed by atoms with van der Waals surface area (Å²) in [4.78, 5) is 14.9. The van der Waals surface area contributed by atoms with Crippen LogP contribution in [0.2, 0.25) is 5.02 Å². The van der Waals surface area contributed by atoms with E-state index in [9.17, 15) is 9.18 Å². The highest BCUT2D eigenvalue weighted by atomic mass is 35.5. The quantitative estimate of drug-likeness (QED) is 0.719. The lowest BCUT2D eigenvalue weighted by molar-refractivity contribution is 0.0932. The van der Waals surface area contributed by atoms with Crippen molar-refractivity contribution in [3.8, 4) is 5.75 Å². The summed E-state index contributed by atoms with van der Waals surface area (Å²) >= 11 is 6.04. The van der Waals surface area contributed by atoms with Gasteiger partial charge in [-0.15, -0.1) is 0 Å². The zero-order chi connectivity index (χ0) is 20.1. The molecule has 0 radical (unpaired) electrons. The highest BCUT2D eigenvalue weighted by Crippen LogP contribution is 2.29. The first kappa shape index (κ1) is 20.4. The van der Waals surface area contributed by atoms with E-state index in [1.165, 1.54) is 25.3 Å². The molecular weight excluding hydrogens is 381 g/mol. The first-order valence-corrected chi connectivity index (χ1v) is 9.72. The molecule has 0 unspecified atom stereocenters. The third-order valence-electron chi connectivity index (χ3n) is 5.14. The number of piperidine rings is 1. The van der Waals surface area contributed by atoms with Crippen LogP contribution >= 0.6 is 11.6 Å². The lowest BCUT2D eigenvalue weighted by Gasteiger charge is -2.32. The standard InChI is InChI=1S/C21H25ClFN3O2/c1-28-20-11-19(24)18(22)10-17(20)21(27)25-12-14-6-8-26(9-7-14)13-15-2-4-16(23)5-3-15/h2-5,10-11,14H,6-9,12-13,24H2,1H3,(H,25,27). The average Bonchev–Trinajstić information content (AvgIpc) is 2.70. The van der Waals surface area contributed by atoms with Crippen LogP contribution in [0.3, 0.4) is 0 Å². The molecule has 1 amide bonds. The fraction of sp³-hybridized carbons (Fsp3) is 0.381. The van der Waals surface area contributed by atoms with Crippen molar-refractivity contribution < 1.29 is 13.9 Å². The number of nitrogen functional groups attached to an aromatic ring is 1. The van der Waals surface area contributed by atoms with Gasteiger partial charge in [0, 0.05) is 19.2 Å². The summed E-state index contributed by atoms with van der Waals surface area (Å²) in [5, 5.41) is 3.32. The fourth-order valence-corrected chi connectivity index (χ4v) is 3.61. The van der Waals surface area contributed by atoms with E-state index in [-0.39, 0.29) is 11.7 Å². The van der Waals surface area contributed by atoms with E-state index in [0.29, 0.717) is 34.5 Å². The Morgan fingerprint density at radius 3 is 2.61 bits per heavy atom. The summed E-state index contributed by atoms with van der Waals surface area (Å²) in [6.07, 6.45) is 2.00. The Kier molecular flexibility index (Phi) is 6.75. The number of halogens is 2. The number of rotatable bonds is 6. The first-order chi connectivity index (χ1) is 13.5. The molecule has 28 heavy (non-hydrogen) atoms. The van der Waals surface area contributed by atoms with Gasteiger partial charge < -0.3 is 15.8 Å². The van der Waals surface area contributed by atoms with Crippen LogP contribution in [0.1, 0.15) is 28.8 Å². The summed E-state index contributed by atoms with van der Waals surface area (Å²) in [5.74, 6) is 0.405. The SMILES string of the molecule is COc1cc(N)c(Cl)cc1C(=O)NCC1CCN(Cc2ccc(F)cc2)CC1. The number of nitrogens with one attached hydrogen (secondary N) is 1. The second-order valence-corrected chi connectivity index (χ2v) is 7.54. The maximum Gasteiger partial charge on any atom is 0.255 e. The van der Waals surface area contributed by atoms with Crippen LogP contribution in [0.15, 0.2) is 36.4 Å². The van der Waals surface area contributed by atoms with Gasteiger partial charge in [-0.25, -0.2) is 4.39 Å². The first-order valence-electron chi connectivity index (χ1n) is 9.34. The van der Waals surface area contributed by atoms with Crippen LogP contribution in [0.5, 0.6) is 5.75 Å². The van der Waals surface area contributed by atoms with Crippen molar-refractivity contribution in [3.63, 3.8) is 0 Å². The summed E-state index contributed by atoms with van der Waals surface area (Å²) in [6, 6.07) is 9.74. The number of nitrogens with two attached hydrogens (primary N) is 1. The Morgan fingerprint density at radius 1 is 1.29 bits per heavy atom. The molecule has 7 heteroatoms. The van der Waals surface area contributed by atoms with Crippen molar-refractivity contribution in [2.45, 2.75) is 19.4 Å². The molecule has 2 aromatic carbocycles. The molecule has 0 bridgehead atoms. The Balaban J connectivity index is 1.48. The van der Waals surface area contributed by atoms with Crippen molar-refractivity contribution in [1.29, 1.82) is 0 Å². The van der Waals surface area contributed by atoms with E-state index < -0.39 is 0 Å². The molecule has 1 heterocycles. The molecule has 5 nitrogen and oxygen atoms in total. The number of carbonyl (C=O) groups is 1. The molecule has 1 saturated heterocycles. The summed E-state index contributed by atoms with van der Waals surface area (Å²) in [7, 11) is 1.50. The van der Waals surface area contributed by atoms with Gasteiger partial charge in [0.25, 0.3) is 5.91 Å². The lowest BCUT2D eigenvalue weighted by atomic mass is 9.96. The van der Waals surface area contributed by atoms with Crippen molar-refractivity contribution in [3.05, 3.63) is 58.4 Å². The Hall–Kier alpha value is -2.31. The summed E-state index contributed by atoms with van der Waals surface area (Å²) < 4.78 is 18.3. The number of hydrogen-bond donors (Lipinski definition) is 2. The van der Waals surface area contributed by atoms with E-state index >= 15 is 0 Å². The number of benzene rings is 2. The summed E-state index contributed by atoms with van der Waals surface area (Å²) in [6.45, 7) is 3.33. The Morgan fingerprint density at radius 2 is 1.96 bits per heavy atom. The zero-order valence-corrected chi connectivity index (χ0v) is 16.6. The van der Waals surface area contributed by atoms with Crippen LogP contribution in [0, 0.1) is 11.7 Å². The van der Waals surface area contributed by atoms with Crippen molar-refractivity contribution in [2.24, 2.45) is 5.92 Å². The van der Waals surface area contributed by atoms with Gasteiger partial charge in [-0.1, -0.05) is 23.7 Å². The van der Waals surface area contributed by atoms with Gasteiger partial charge >= 0.3 is 0 Å². The van der Waals surface area contributed by atoms with E-state index in [1.54, 1.807) is 6.07 Å². The van der Waals surface area contributed by atoms with Gasteiger partial charge in [0.15, 0.2) is 0 Å². The molecule has 1 fully saturated rings. The van der Waals surface area contributed by atoms with Crippen LogP contribution in [-0.2, 0) is 6.54 Å². The molecule has 3 N–H and O–H groups in total. The smallest absolute Gasteiger partial charge is 0.255 e. The number of anilines is 1. The largest absolute Gasteiger partial charge is 0.496 e. The molecule has 3 rings (SSSR count). The third-order valence-corrected chi connectivity index (χ3v) is 5.47. The molecule has 2 aromatic rings. The van der Waals surface area contributed by atoms with Gasteiger partial charge in [0.05, 0.1) is 23.4 Å². The fourth-order valence-electron chi connectivity index (χ4n) is 3.44. The molecule has 0 aromatic heterocycles. The van der Waals surface area contributed by atoms with Crippen LogP contribution in [-0.4, -0.2) is 37.6 Å². The number of nitrogens with zero attached hydrogens (tertiary/aromatic N) is 1. The van der Waals surface area contributed by atoms with Crippen molar-refractivity contribution >= 4 is 23.2 Å². The van der Waals surface area contributed by atoms with Crippen molar-refractivity contribution in [1.82, 2.24) is 10.2 Å². The van der Waals surface area contributed by atoms with Gasteiger partial charge in [0.1, 0.15) is 11.6 Å². The van der Waals surface area contributed by atoms with Crippen LogP contribution in [0.25, 0.3) is 0 Å². The lowest BCUT2D eigenvalue weighted by Crippen LogP contribution is -2.38. The van der Waals surface area contributed by atoms with Gasteiger partial charge in [-0.3, -0.25) is 9.69 Å². The zero-order valence-electron chi connectivity index (χ0n) is 15.9. The molecule has 0 aliphatic carbocycles. The minimum absolute atomic E-state index is 0.211. The number of amides is 1. The maximum absolute atomic E-state index is 13.0. The Bertz CT molecular complexity index is 821. The minimum Gasteiger partial charge on any atom is -0.496 e. The van der Waals surface area contributed by atoms with Crippen molar-refractivity contribution in [2.75, 3.05) is 32.5 Å². The number of hydrogen-bond acceptors (Lipinski definition) is 4. The summed E-state index contributed by atoms with van der Waals surface area (Å²) in [5.41, 5.74) is 7.64. The molecule has 150 valence electrons. The predicted molar refractivity (Wildman–Crippen MR) is 109 cm³/mol. The topological polar surface area (TPSA) is 67.6 Å². The average molecular weight is 406 g/mol. The Labute approximate surface area is 169 Å². The molecule has 1 aliphatic rings. The van der Waals surface area contributed by atoms with Gasteiger partial charge in [-0.05, 0) is 55.6 Å². The maximum atomic E-state index is 13.0. The number of likely N-dealkylation sites (tertiary alicyclic amines) is 1. The van der Waals surface area contributed by atoms with Gasteiger partial charge in [0.2, 0.25) is 0 Å². The normalized spacial score (nSPS) is 15.4. The predicted octanol–water partition coefficient (Wildman–Crippen LogP) is 3.71. The minimum atomic E-state index is -0.215. The van der Waals surface area contributed by atoms with E-state index in [1.807, 2.05) is 12.1 Å². The molecule has 0 atom stereocenters. The molecular formula is C21H25ClFN3O2. The number of ether oxygens (including phenoxy) is 1. The molecule has 0 saturated carbocycles. The molecule has 0 spiro atoms. The van der Waals surface area contributed by atoms with E-state index in [0.717, 1.165) is 38.0 Å². The number of methoxy groups -OCH3 is 1. The van der Waals surface area contributed by atoms with E-state index in [4.69, 9.17) is 22.1 Å². The monoisotopic (exact) mass is 405 g/mol. The molecule has 1 aliphatic heterocycles.